The van der Waals surface area contributed by atoms with Gasteiger partial charge in [-0.3, -0.25) is 5.32 Å². The summed E-state index contributed by atoms with van der Waals surface area (Å²) in [6, 6.07) is 16.2. The summed E-state index contributed by atoms with van der Waals surface area (Å²) in [5.74, 6) is -0.482. The van der Waals surface area contributed by atoms with Gasteiger partial charge in [-0.25, -0.2) is 18.9 Å². The number of esters is 1. The lowest BCUT2D eigenvalue weighted by Crippen LogP contribution is -2.21. The lowest BCUT2D eigenvalue weighted by Gasteiger charge is -2.10. The maximum atomic E-state index is 13.9. The van der Waals surface area contributed by atoms with Crippen molar-refractivity contribution in [3.8, 4) is 11.1 Å². The zero-order chi connectivity index (χ0) is 24.1. The molecule has 2 aromatic heterocycles. The summed E-state index contributed by atoms with van der Waals surface area (Å²) in [4.78, 5) is 18.0. The number of carbonyl (C=O) groups excluding carboxylic acids is 1. The SMILES string of the molecule is CCOC(=O)c1c(NC(=S)Nc2ncn(Cc3ccccc3F)n2)sc(C)c1-c1ccccc1. The van der Waals surface area contributed by atoms with Crippen molar-refractivity contribution in [2.75, 3.05) is 17.2 Å². The minimum Gasteiger partial charge on any atom is -0.462 e. The number of hydrogen-bond donors (Lipinski definition) is 2. The summed E-state index contributed by atoms with van der Waals surface area (Å²) >= 11 is 6.85. The molecule has 0 amide bonds. The van der Waals surface area contributed by atoms with Crippen molar-refractivity contribution in [2.45, 2.75) is 20.4 Å². The predicted octanol–water partition coefficient (Wildman–Crippen LogP) is 5.49. The Morgan fingerprint density at radius 2 is 1.88 bits per heavy atom. The molecule has 2 N–H and O–H groups in total. The van der Waals surface area contributed by atoms with Crippen molar-refractivity contribution >= 4 is 45.6 Å². The number of anilines is 2. The average Bonchev–Trinajstić information content (AvgIpc) is 3.39. The minimum absolute atomic E-state index is 0.218. The van der Waals surface area contributed by atoms with Gasteiger partial charge in [-0.2, -0.15) is 0 Å². The second kappa shape index (κ2) is 10.5. The third-order valence-electron chi connectivity index (χ3n) is 4.91. The Bertz CT molecular complexity index is 1320. The van der Waals surface area contributed by atoms with Crippen LogP contribution in [-0.4, -0.2) is 32.5 Å². The molecule has 0 fully saturated rings. The van der Waals surface area contributed by atoms with Gasteiger partial charge in [0.1, 0.15) is 22.7 Å². The van der Waals surface area contributed by atoms with Crippen LogP contribution in [-0.2, 0) is 11.3 Å². The largest absolute Gasteiger partial charge is 0.462 e. The normalized spacial score (nSPS) is 10.7. The predicted molar refractivity (Wildman–Crippen MR) is 136 cm³/mol. The molecule has 0 atom stereocenters. The summed E-state index contributed by atoms with van der Waals surface area (Å²) in [5.41, 5.74) is 2.65. The van der Waals surface area contributed by atoms with E-state index in [0.717, 1.165) is 16.0 Å². The first kappa shape index (κ1) is 23.5. The highest BCUT2D eigenvalue weighted by molar-refractivity contribution is 7.80. The molecule has 0 bridgehead atoms. The van der Waals surface area contributed by atoms with Gasteiger partial charge in [0.2, 0.25) is 5.95 Å². The number of carbonyl (C=O) groups is 1. The number of thiocarbonyl (C=S) groups is 1. The number of aromatic nitrogens is 3. The molecule has 0 saturated carbocycles. The first-order chi connectivity index (χ1) is 16.5. The monoisotopic (exact) mass is 495 g/mol. The van der Waals surface area contributed by atoms with Gasteiger partial charge in [0.15, 0.2) is 5.11 Å². The zero-order valence-corrected chi connectivity index (χ0v) is 20.2. The van der Waals surface area contributed by atoms with E-state index in [-0.39, 0.29) is 30.0 Å². The lowest BCUT2D eigenvalue weighted by atomic mass is 10.0. The number of nitrogens with zero attached hydrogens (tertiary/aromatic N) is 3. The summed E-state index contributed by atoms with van der Waals surface area (Å²) in [7, 11) is 0. The first-order valence-corrected chi connectivity index (χ1v) is 11.8. The summed E-state index contributed by atoms with van der Waals surface area (Å²) < 4.78 is 20.7. The van der Waals surface area contributed by atoms with Crippen LogP contribution in [0.1, 0.15) is 27.7 Å². The fourth-order valence-corrected chi connectivity index (χ4v) is 4.77. The van der Waals surface area contributed by atoms with Crippen LogP contribution in [0.3, 0.4) is 0 Å². The third-order valence-corrected chi connectivity index (χ3v) is 6.13. The van der Waals surface area contributed by atoms with Crippen molar-refractivity contribution in [3.63, 3.8) is 0 Å². The molecule has 0 radical (unpaired) electrons. The van der Waals surface area contributed by atoms with Crippen LogP contribution in [0, 0.1) is 12.7 Å². The molecular formula is C24H22FN5O2S2. The Morgan fingerprint density at radius 1 is 1.15 bits per heavy atom. The van der Waals surface area contributed by atoms with Crippen LogP contribution >= 0.6 is 23.6 Å². The fraction of sp³-hybridized carbons (Fsp3) is 0.167. The van der Waals surface area contributed by atoms with Crippen molar-refractivity contribution in [2.24, 2.45) is 0 Å². The van der Waals surface area contributed by atoms with Crippen LogP contribution in [0.25, 0.3) is 11.1 Å². The average molecular weight is 496 g/mol. The van der Waals surface area contributed by atoms with Crippen LogP contribution in [0.5, 0.6) is 0 Å². The van der Waals surface area contributed by atoms with Crippen LogP contribution in [0.15, 0.2) is 60.9 Å². The summed E-state index contributed by atoms with van der Waals surface area (Å²) in [6.45, 7) is 4.21. The van der Waals surface area contributed by atoms with Gasteiger partial charge in [0.25, 0.3) is 0 Å². The van der Waals surface area contributed by atoms with E-state index in [1.807, 2.05) is 37.3 Å². The quantitative estimate of drug-likeness (QED) is 0.259. The molecule has 7 nitrogen and oxygen atoms in total. The molecule has 2 aromatic carbocycles. The fourth-order valence-electron chi connectivity index (χ4n) is 3.45. The lowest BCUT2D eigenvalue weighted by molar-refractivity contribution is 0.0529. The van der Waals surface area contributed by atoms with Crippen molar-refractivity contribution < 1.29 is 13.9 Å². The number of benzene rings is 2. The standard InChI is InChI=1S/C24H22FN5O2S2/c1-3-32-22(31)20-19(16-9-5-4-6-10-16)15(2)34-21(20)27-24(33)28-23-26-14-30(29-23)13-17-11-7-8-12-18(17)25/h4-12,14H,3,13H2,1-2H3,(H2,27,28,29,33). The molecule has 0 saturated heterocycles. The van der Waals surface area contributed by atoms with Gasteiger partial charge in [-0.15, -0.1) is 16.4 Å². The molecule has 4 rings (SSSR count). The van der Waals surface area contributed by atoms with E-state index in [2.05, 4.69) is 20.7 Å². The number of ether oxygens (including phenoxy) is 1. The second-order valence-corrected chi connectivity index (χ2v) is 8.89. The third kappa shape index (κ3) is 5.29. The zero-order valence-electron chi connectivity index (χ0n) is 18.5. The van der Waals surface area contributed by atoms with E-state index in [1.165, 1.54) is 28.4 Å². The molecule has 0 aliphatic heterocycles. The first-order valence-electron chi connectivity index (χ1n) is 10.5. The molecule has 2 heterocycles. The van der Waals surface area contributed by atoms with Gasteiger partial charge < -0.3 is 10.1 Å². The highest BCUT2D eigenvalue weighted by Crippen LogP contribution is 2.40. The van der Waals surface area contributed by atoms with Crippen LogP contribution in [0.4, 0.5) is 15.3 Å². The van der Waals surface area contributed by atoms with Gasteiger partial charge in [0, 0.05) is 16.0 Å². The Kier molecular flexibility index (Phi) is 7.29. The maximum Gasteiger partial charge on any atom is 0.341 e. The molecule has 0 aliphatic carbocycles. The minimum atomic E-state index is -0.428. The van der Waals surface area contributed by atoms with E-state index in [4.69, 9.17) is 17.0 Å². The smallest absolute Gasteiger partial charge is 0.341 e. The van der Waals surface area contributed by atoms with E-state index >= 15 is 0 Å². The molecule has 4 aromatic rings. The highest BCUT2D eigenvalue weighted by atomic mass is 32.1. The van der Waals surface area contributed by atoms with Crippen molar-refractivity contribution in [1.82, 2.24) is 14.8 Å². The van der Waals surface area contributed by atoms with Gasteiger partial charge >= 0.3 is 5.97 Å². The van der Waals surface area contributed by atoms with Crippen LogP contribution < -0.4 is 10.6 Å². The molecule has 0 spiro atoms. The molecule has 174 valence electrons. The van der Waals surface area contributed by atoms with Gasteiger partial charge in [-0.05, 0) is 37.7 Å². The number of rotatable bonds is 7. The van der Waals surface area contributed by atoms with Gasteiger partial charge in [-0.1, -0.05) is 48.5 Å². The number of nitrogens with one attached hydrogen (secondary N) is 2. The topological polar surface area (TPSA) is 81.1 Å². The van der Waals surface area contributed by atoms with Crippen LogP contribution in [0.2, 0.25) is 0 Å². The molecular weight excluding hydrogens is 473 g/mol. The molecule has 0 unspecified atom stereocenters. The molecule has 0 aliphatic rings. The van der Waals surface area contributed by atoms with Crippen molar-refractivity contribution in [1.29, 1.82) is 0 Å². The Hall–Kier alpha value is -3.63. The Balaban J connectivity index is 1.53. The van der Waals surface area contributed by atoms with Gasteiger partial charge in [0.05, 0.1) is 13.2 Å². The second-order valence-electron chi connectivity index (χ2n) is 7.26. The van der Waals surface area contributed by atoms with Crippen molar-refractivity contribution in [3.05, 3.63) is 82.7 Å². The van der Waals surface area contributed by atoms with E-state index < -0.39 is 5.97 Å². The number of halogens is 1. The Morgan fingerprint density at radius 3 is 2.62 bits per heavy atom. The molecule has 10 heteroatoms. The number of hydrogen-bond acceptors (Lipinski definition) is 6. The number of thiophene rings is 1. The van der Waals surface area contributed by atoms with E-state index in [9.17, 15) is 9.18 Å². The molecule has 34 heavy (non-hydrogen) atoms. The Labute approximate surface area is 205 Å². The maximum absolute atomic E-state index is 13.9. The number of aryl methyl sites for hydroxylation is 1. The highest BCUT2D eigenvalue weighted by Gasteiger charge is 2.25. The van der Waals surface area contributed by atoms with E-state index in [0.29, 0.717) is 16.1 Å². The summed E-state index contributed by atoms with van der Waals surface area (Å²) in [5, 5.41) is 11.1. The summed E-state index contributed by atoms with van der Waals surface area (Å²) in [6.07, 6.45) is 1.49. The van der Waals surface area contributed by atoms with E-state index in [1.54, 1.807) is 25.1 Å².